The molecular weight excluding hydrogens is 423 g/mol. The molecule has 0 saturated carbocycles. The van der Waals surface area contributed by atoms with Gasteiger partial charge in [-0.15, -0.1) is 0 Å². The molecule has 1 heterocycles. The van der Waals surface area contributed by atoms with E-state index in [0.29, 0.717) is 34.2 Å². The number of fused-ring (bicyclic) bond motifs is 1. The highest BCUT2D eigenvalue weighted by atomic mass is 32.2. The number of furan rings is 1. The highest BCUT2D eigenvalue weighted by Crippen LogP contribution is 2.38. The smallest absolute Gasteiger partial charge is 0.255 e. The van der Waals surface area contributed by atoms with E-state index in [0.717, 1.165) is 16.3 Å². The second kappa shape index (κ2) is 9.07. The summed E-state index contributed by atoms with van der Waals surface area (Å²) in [6.07, 6.45) is 1.33. The summed E-state index contributed by atoms with van der Waals surface area (Å²) in [5.41, 5.74) is 2.31. The fourth-order valence-corrected chi connectivity index (χ4v) is 4.47. The van der Waals surface area contributed by atoms with E-state index >= 15 is 0 Å². The van der Waals surface area contributed by atoms with Gasteiger partial charge in [0.25, 0.3) is 5.91 Å². The van der Waals surface area contributed by atoms with Crippen molar-refractivity contribution in [3.8, 4) is 11.3 Å². The first-order valence-corrected chi connectivity index (χ1v) is 11.5. The summed E-state index contributed by atoms with van der Waals surface area (Å²) in [6.45, 7) is 1.48. The van der Waals surface area contributed by atoms with Crippen LogP contribution >= 0.6 is 0 Å². The average Bonchev–Trinajstić information content (AvgIpc) is 3.11. The monoisotopic (exact) mass is 448 g/mol. The number of halogens is 1. The molecule has 1 amide bonds. The number of nitrogens with one attached hydrogen (secondary N) is 1. The molecular formula is C22H25FN2O5S. The summed E-state index contributed by atoms with van der Waals surface area (Å²) < 4.78 is 45.6. The molecule has 0 atom stereocenters. The number of aliphatic hydroxyl groups excluding tert-OH is 1. The van der Waals surface area contributed by atoms with Gasteiger partial charge in [0.2, 0.25) is 10.0 Å². The zero-order valence-corrected chi connectivity index (χ0v) is 18.4. The number of rotatable bonds is 8. The lowest BCUT2D eigenvalue weighted by molar-refractivity contribution is 0.0964. The van der Waals surface area contributed by atoms with E-state index in [1.807, 2.05) is 6.92 Å². The SMILES string of the molecule is CCCc1cc2c(C(=O)NC)c(-c3ccc(F)cc3)oc2cc1N(C)S(=O)(=O)CCO. The third kappa shape index (κ3) is 4.42. The lowest BCUT2D eigenvalue weighted by Crippen LogP contribution is -2.31. The molecule has 0 aliphatic heterocycles. The molecule has 3 rings (SSSR count). The molecule has 9 heteroatoms. The van der Waals surface area contributed by atoms with Gasteiger partial charge in [-0.3, -0.25) is 9.10 Å². The maximum absolute atomic E-state index is 13.4. The maximum Gasteiger partial charge on any atom is 0.255 e. The summed E-state index contributed by atoms with van der Waals surface area (Å²) in [7, 11) is -0.802. The van der Waals surface area contributed by atoms with Gasteiger partial charge in [0, 0.05) is 31.1 Å². The van der Waals surface area contributed by atoms with Crippen molar-refractivity contribution in [2.24, 2.45) is 0 Å². The Morgan fingerprint density at radius 3 is 2.48 bits per heavy atom. The molecule has 0 aliphatic carbocycles. The van der Waals surface area contributed by atoms with Gasteiger partial charge in [0.15, 0.2) is 0 Å². The number of nitrogens with zero attached hydrogens (tertiary/aromatic N) is 1. The van der Waals surface area contributed by atoms with Crippen LogP contribution in [0.3, 0.4) is 0 Å². The van der Waals surface area contributed by atoms with Gasteiger partial charge < -0.3 is 14.8 Å². The van der Waals surface area contributed by atoms with E-state index in [1.54, 1.807) is 12.1 Å². The molecule has 3 aromatic rings. The minimum absolute atomic E-state index is 0.273. The average molecular weight is 449 g/mol. The van der Waals surface area contributed by atoms with Crippen molar-refractivity contribution in [2.45, 2.75) is 19.8 Å². The Labute approximate surface area is 180 Å². The lowest BCUT2D eigenvalue weighted by atomic mass is 10.0. The predicted octanol–water partition coefficient (Wildman–Crippen LogP) is 3.31. The van der Waals surface area contributed by atoms with Gasteiger partial charge in [-0.05, 0) is 42.3 Å². The van der Waals surface area contributed by atoms with Gasteiger partial charge in [-0.1, -0.05) is 13.3 Å². The number of amides is 1. The molecule has 1 aromatic heterocycles. The highest BCUT2D eigenvalue weighted by Gasteiger charge is 2.26. The predicted molar refractivity (Wildman–Crippen MR) is 118 cm³/mol. The normalized spacial score (nSPS) is 11.6. The van der Waals surface area contributed by atoms with Crippen LogP contribution in [0.4, 0.5) is 10.1 Å². The Hall–Kier alpha value is -2.91. The minimum Gasteiger partial charge on any atom is -0.455 e. The molecule has 7 nitrogen and oxygen atoms in total. The summed E-state index contributed by atoms with van der Waals surface area (Å²) in [5.74, 6) is -0.913. The molecule has 0 unspecified atom stereocenters. The van der Waals surface area contributed by atoms with Crippen LogP contribution in [0.2, 0.25) is 0 Å². The van der Waals surface area contributed by atoms with Crippen molar-refractivity contribution in [1.82, 2.24) is 5.32 Å². The standard InChI is InChI=1S/C22H25FN2O5S/c1-4-5-15-12-17-19(13-18(15)25(3)31(28,29)11-10-26)30-21(20(17)22(27)24-2)14-6-8-16(23)9-7-14/h6-9,12-13,26H,4-5,10-11H2,1-3H3,(H,24,27). The molecule has 0 bridgehead atoms. The van der Waals surface area contributed by atoms with Gasteiger partial charge in [-0.2, -0.15) is 0 Å². The number of carbonyl (C=O) groups excluding carboxylic acids is 1. The molecule has 0 radical (unpaired) electrons. The molecule has 0 fully saturated rings. The second-order valence-corrected chi connectivity index (χ2v) is 9.25. The van der Waals surface area contributed by atoms with Gasteiger partial charge >= 0.3 is 0 Å². The number of hydrogen-bond acceptors (Lipinski definition) is 5. The first kappa shape index (κ1) is 22.8. The van der Waals surface area contributed by atoms with E-state index in [-0.39, 0.29) is 11.7 Å². The van der Waals surface area contributed by atoms with Crippen molar-refractivity contribution in [3.05, 3.63) is 53.3 Å². The maximum atomic E-state index is 13.4. The number of aliphatic hydroxyl groups is 1. The van der Waals surface area contributed by atoms with Crippen LogP contribution in [0.1, 0.15) is 29.3 Å². The fraction of sp³-hybridized carbons (Fsp3) is 0.318. The quantitative estimate of drug-likeness (QED) is 0.551. The zero-order valence-electron chi connectivity index (χ0n) is 17.6. The summed E-state index contributed by atoms with van der Waals surface area (Å²) in [5, 5.41) is 12.3. The van der Waals surface area contributed by atoms with Crippen LogP contribution in [-0.4, -0.2) is 45.9 Å². The Morgan fingerprint density at radius 2 is 1.90 bits per heavy atom. The van der Waals surface area contributed by atoms with Crippen LogP contribution in [0, 0.1) is 5.82 Å². The van der Waals surface area contributed by atoms with E-state index in [1.165, 1.54) is 38.4 Å². The van der Waals surface area contributed by atoms with Gasteiger partial charge in [-0.25, -0.2) is 12.8 Å². The third-order valence-corrected chi connectivity index (χ3v) is 6.80. The first-order valence-electron chi connectivity index (χ1n) is 9.88. The number of carbonyl (C=O) groups is 1. The van der Waals surface area contributed by atoms with E-state index in [9.17, 15) is 17.6 Å². The Balaban J connectivity index is 2.29. The Bertz CT molecular complexity index is 1200. The molecule has 2 aromatic carbocycles. The van der Waals surface area contributed by atoms with Crippen molar-refractivity contribution in [2.75, 3.05) is 30.8 Å². The highest BCUT2D eigenvalue weighted by molar-refractivity contribution is 7.92. The number of anilines is 1. The molecule has 166 valence electrons. The molecule has 0 spiro atoms. The van der Waals surface area contributed by atoms with Gasteiger partial charge in [0.05, 0.1) is 23.6 Å². The Morgan fingerprint density at radius 1 is 1.23 bits per heavy atom. The number of sulfonamides is 1. The largest absolute Gasteiger partial charge is 0.455 e. The van der Waals surface area contributed by atoms with Crippen molar-refractivity contribution in [3.63, 3.8) is 0 Å². The Kier molecular flexibility index (Phi) is 6.66. The third-order valence-electron chi connectivity index (χ3n) is 5.07. The molecule has 31 heavy (non-hydrogen) atoms. The van der Waals surface area contributed by atoms with Gasteiger partial charge in [0.1, 0.15) is 17.2 Å². The minimum atomic E-state index is -3.73. The van der Waals surface area contributed by atoms with Crippen LogP contribution < -0.4 is 9.62 Å². The van der Waals surface area contributed by atoms with Crippen LogP contribution in [0.25, 0.3) is 22.3 Å². The van der Waals surface area contributed by atoms with Crippen LogP contribution in [-0.2, 0) is 16.4 Å². The molecule has 0 aliphatic rings. The van der Waals surface area contributed by atoms with Crippen LogP contribution in [0.15, 0.2) is 40.8 Å². The molecule has 2 N–H and O–H groups in total. The lowest BCUT2D eigenvalue weighted by Gasteiger charge is -2.22. The van der Waals surface area contributed by atoms with Crippen molar-refractivity contribution in [1.29, 1.82) is 0 Å². The fourth-order valence-electron chi connectivity index (χ4n) is 3.50. The van der Waals surface area contributed by atoms with Crippen molar-refractivity contribution >= 4 is 32.6 Å². The number of aryl methyl sites for hydroxylation is 1. The van der Waals surface area contributed by atoms with Crippen LogP contribution in [0.5, 0.6) is 0 Å². The van der Waals surface area contributed by atoms with Crippen molar-refractivity contribution < 1.29 is 27.1 Å². The first-order chi connectivity index (χ1) is 14.7. The van der Waals surface area contributed by atoms with E-state index in [2.05, 4.69) is 5.32 Å². The number of benzene rings is 2. The number of hydrogen-bond donors (Lipinski definition) is 2. The van der Waals surface area contributed by atoms with E-state index in [4.69, 9.17) is 9.52 Å². The van der Waals surface area contributed by atoms with E-state index < -0.39 is 28.2 Å². The molecule has 0 saturated heterocycles. The summed E-state index contributed by atoms with van der Waals surface area (Å²) in [4.78, 5) is 12.7. The topological polar surface area (TPSA) is 99.9 Å². The zero-order chi connectivity index (χ0) is 22.8. The second-order valence-electron chi connectivity index (χ2n) is 7.13. The summed E-state index contributed by atoms with van der Waals surface area (Å²) >= 11 is 0. The summed E-state index contributed by atoms with van der Waals surface area (Å²) in [6, 6.07) is 8.95.